The summed E-state index contributed by atoms with van der Waals surface area (Å²) in [7, 11) is 0. The van der Waals surface area contributed by atoms with Crippen molar-refractivity contribution in [2.24, 2.45) is 16.2 Å². The van der Waals surface area contributed by atoms with Crippen LogP contribution in [0.15, 0.2) is 4.40 Å². The molecule has 0 heterocycles. The third-order valence-electron chi connectivity index (χ3n) is 3.33. The highest BCUT2D eigenvalue weighted by molar-refractivity contribution is 7.91. The Hall–Kier alpha value is -0.0200. The minimum Gasteiger partial charge on any atom is -0.591 e. The van der Waals surface area contributed by atoms with E-state index < -0.39 is 11.4 Å². The van der Waals surface area contributed by atoms with Crippen LogP contribution in [0.1, 0.15) is 66.7 Å². The van der Waals surface area contributed by atoms with Gasteiger partial charge in [0.1, 0.15) is 16.1 Å². The van der Waals surface area contributed by atoms with Gasteiger partial charge in [-0.05, 0) is 39.5 Å². The highest BCUT2D eigenvalue weighted by atomic mass is 32.2. The smallest absolute Gasteiger partial charge is 0.144 e. The van der Waals surface area contributed by atoms with Crippen molar-refractivity contribution in [1.82, 2.24) is 0 Å². The second-order valence-corrected chi connectivity index (χ2v) is 8.27. The van der Waals surface area contributed by atoms with Gasteiger partial charge in [0.25, 0.3) is 0 Å². The summed E-state index contributed by atoms with van der Waals surface area (Å²) in [5.41, 5.74) is 1.19. The molecule has 0 saturated heterocycles. The van der Waals surface area contributed by atoms with Crippen LogP contribution in [0.4, 0.5) is 0 Å². The Kier molecular flexibility index (Phi) is 5.52. The third kappa shape index (κ3) is 4.63. The van der Waals surface area contributed by atoms with Gasteiger partial charge in [-0.3, -0.25) is 0 Å². The molecule has 0 amide bonds. The Balaban J connectivity index is 2.80. The predicted octanol–water partition coefficient (Wildman–Crippen LogP) is 4.13. The molecule has 1 fully saturated rings. The lowest BCUT2D eigenvalue weighted by Gasteiger charge is -2.27. The van der Waals surface area contributed by atoms with Gasteiger partial charge in [0.05, 0.1) is 5.71 Å². The van der Waals surface area contributed by atoms with E-state index >= 15 is 0 Å². The molecule has 1 aliphatic rings. The molecule has 1 rings (SSSR count). The lowest BCUT2D eigenvalue weighted by Crippen LogP contribution is -2.30. The Morgan fingerprint density at radius 3 is 2.12 bits per heavy atom. The van der Waals surface area contributed by atoms with Crippen molar-refractivity contribution in [2.45, 2.75) is 71.5 Å². The minimum absolute atomic E-state index is 0.241. The van der Waals surface area contributed by atoms with E-state index in [9.17, 15) is 4.55 Å². The average molecular weight is 257 g/mol. The Bertz CT molecular complexity index is 262. The molecule has 2 nitrogen and oxygen atoms in total. The molecule has 0 aromatic rings. The van der Waals surface area contributed by atoms with Crippen LogP contribution in [-0.2, 0) is 11.4 Å². The van der Waals surface area contributed by atoms with Gasteiger partial charge in [-0.1, -0.05) is 37.5 Å². The summed E-state index contributed by atoms with van der Waals surface area (Å²) in [6.07, 6.45) is 6.43. The monoisotopic (exact) mass is 257 g/mol. The first-order valence-corrected chi connectivity index (χ1v) is 7.93. The van der Waals surface area contributed by atoms with Gasteiger partial charge in [-0.2, -0.15) is 0 Å². The molecule has 0 aromatic carbocycles. The molecule has 100 valence electrons. The minimum atomic E-state index is -1.10. The molecule has 1 atom stereocenters. The predicted molar refractivity (Wildman–Crippen MR) is 76.7 cm³/mol. The maximum atomic E-state index is 12.1. The van der Waals surface area contributed by atoms with Crippen molar-refractivity contribution in [3.05, 3.63) is 0 Å². The third-order valence-corrected chi connectivity index (χ3v) is 4.75. The number of nitrogens with zero attached hydrogens (tertiary/aromatic N) is 1. The number of rotatable bonds is 3. The second kappa shape index (κ2) is 6.24. The van der Waals surface area contributed by atoms with Crippen molar-refractivity contribution in [1.29, 1.82) is 0 Å². The molecule has 1 saturated carbocycles. The lowest BCUT2D eigenvalue weighted by atomic mass is 9.82. The molecular formula is C14H27NOS. The Labute approximate surface area is 110 Å². The topological polar surface area (TPSA) is 35.4 Å². The van der Waals surface area contributed by atoms with Gasteiger partial charge in [-0.25, -0.2) is 0 Å². The van der Waals surface area contributed by atoms with Crippen molar-refractivity contribution in [3.8, 4) is 0 Å². The van der Waals surface area contributed by atoms with Crippen LogP contribution >= 0.6 is 0 Å². The fraction of sp³-hybridized carbons (Fsp3) is 0.929. The summed E-state index contributed by atoms with van der Waals surface area (Å²) in [5, 5.41) is 0. The molecular weight excluding hydrogens is 230 g/mol. The summed E-state index contributed by atoms with van der Waals surface area (Å²) in [6.45, 7) is 10.3. The molecule has 0 N–H and O–H groups in total. The van der Waals surface area contributed by atoms with E-state index in [2.05, 4.69) is 18.2 Å². The maximum absolute atomic E-state index is 12.1. The summed E-state index contributed by atoms with van der Waals surface area (Å²) in [5.74, 6) is 0.999. The van der Waals surface area contributed by atoms with Crippen molar-refractivity contribution >= 4 is 17.1 Å². The summed E-state index contributed by atoms with van der Waals surface area (Å²) in [4.78, 5) is 0. The van der Waals surface area contributed by atoms with Gasteiger partial charge >= 0.3 is 0 Å². The summed E-state index contributed by atoms with van der Waals surface area (Å²) >= 11 is -1.10. The molecule has 1 aliphatic carbocycles. The van der Waals surface area contributed by atoms with Crippen LogP contribution in [0.25, 0.3) is 0 Å². The molecule has 0 radical (unpaired) electrons. The SMILES string of the molecule is CC(C)/C(=N/[S+]([O-])C(C)(C)C)C1CCCCC1. The lowest BCUT2D eigenvalue weighted by molar-refractivity contribution is 0.429. The fourth-order valence-electron chi connectivity index (χ4n) is 2.28. The highest BCUT2D eigenvalue weighted by Crippen LogP contribution is 2.29. The van der Waals surface area contributed by atoms with Crippen molar-refractivity contribution < 1.29 is 4.55 Å². The van der Waals surface area contributed by atoms with Gasteiger partial charge in [0.15, 0.2) is 0 Å². The van der Waals surface area contributed by atoms with Gasteiger partial charge in [0.2, 0.25) is 0 Å². The van der Waals surface area contributed by atoms with E-state index in [0.29, 0.717) is 11.8 Å². The summed E-state index contributed by atoms with van der Waals surface area (Å²) in [6, 6.07) is 0. The maximum Gasteiger partial charge on any atom is 0.144 e. The zero-order valence-corrected chi connectivity index (χ0v) is 12.8. The zero-order valence-electron chi connectivity index (χ0n) is 12.0. The van der Waals surface area contributed by atoms with E-state index in [0.717, 1.165) is 0 Å². The van der Waals surface area contributed by atoms with Crippen molar-refractivity contribution in [2.75, 3.05) is 0 Å². The Morgan fingerprint density at radius 1 is 1.18 bits per heavy atom. The molecule has 0 aromatic heterocycles. The van der Waals surface area contributed by atoms with Crippen LogP contribution < -0.4 is 0 Å². The highest BCUT2D eigenvalue weighted by Gasteiger charge is 2.30. The van der Waals surface area contributed by atoms with Crippen LogP contribution in [0.2, 0.25) is 0 Å². The number of hydrogen-bond donors (Lipinski definition) is 0. The van der Waals surface area contributed by atoms with Gasteiger partial charge < -0.3 is 4.55 Å². The first-order chi connectivity index (χ1) is 7.82. The van der Waals surface area contributed by atoms with E-state index in [-0.39, 0.29) is 4.75 Å². The van der Waals surface area contributed by atoms with Crippen LogP contribution in [-0.4, -0.2) is 15.0 Å². The quantitative estimate of drug-likeness (QED) is 0.553. The van der Waals surface area contributed by atoms with Crippen molar-refractivity contribution in [3.63, 3.8) is 0 Å². The fourth-order valence-corrected chi connectivity index (χ4v) is 3.11. The molecule has 0 spiro atoms. The first kappa shape index (κ1) is 15.0. The molecule has 1 unspecified atom stereocenters. The number of hydrogen-bond acceptors (Lipinski definition) is 2. The largest absolute Gasteiger partial charge is 0.591 e. The molecule has 0 aliphatic heterocycles. The van der Waals surface area contributed by atoms with E-state index in [1.807, 2.05) is 20.8 Å². The van der Waals surface area contributed by atoms with Crippen LogP contribution in [0.5, 0.6) is 0 Å². The van der Waals surface area contributed by atoms with E-state index in [1.165, 1.54) is 37.8 Å². The van der Waals surface area contributed by atoms with Crippen LogP contribution in [0.3, 0.4) is 0 Å². The second-order valence-electron chi connectivity index (χ2n) is 6.37. The molecule has 3 heteroatoms. The van der Waals surface area contributed by atoms with E-state index in [4.69, 9.17) is 0 Å². The average Bonchev–Trinajstić information content (AvgIpc) is 2.25. The molecule has 0 bridgehead atoms. The normalized spacial score (nSPS) is 21.9. The standard InChI is InChI=1S/C14H27NOS/c1-11(2)13(12-9-7-6-8-10-12)15-17(16)14(3,4)5/h11-12H,6-10H2,1-5H3/b15-13-. The van der Waals surface area contributed by atoms with Crippen LogP contribution in [0, 0.1) is 11.8 Å². The summed E-state index contributed by atoms with van der Waals surface area (Å²) < 4.78 is 16.5. The Morgan fingerprint density at radius 2 is 1.71 bits per heavy atom. The van der Waals surface area contributed by atoms with Gasteiger partial charge in [-0.15, -0.1) is 0 Å². The van der Waals surface area contributed by atoms with Gasteiger partial charge in [0, 0.05) is 5.92 Å². The first-order valence-electron chi connectivity index (χ1n) is 6.83. The van der Waals surface area contributed by atoms with E-state index in [1.54, 1.807) is 0 Å². The zero-order chi connectivity index (χ0) is 13.1. The molecule has 17 heavy (non-hydrogen) atoms.